The fourth-order valence-electron chi connectivity index (χ4n) is 1.89. The van der Waals surface area contributed by atoms with Crippen molar-refractivity contribution in [3.8, 4) is 0 Å². The molecule has 0 saturated carbocycles. The van der Waals surface area contributed by atoms with Gasteiger partial charge in [-0.25, -0.2) is 0 Å². The van der Waals surface area contributed by atoms with Gasteiger partial charge in [-0.3, -0.25) is 9.69 Å². The number of halogens is 2. The van der Waals surface area contributed by atoms with E-state index >= 15 is 0 Å². The van der Waals surface area contributed by atoms with Crippen LogP contribution < -0.4 is 5.73 Å². The molecular formula is C11H16Cl2N2O2. The standard InChI is InChI=1S/C11H14N2O2.2ClH/c12-10(11(14)15)7-13-5-8-3-1-2-4-9(8)6-13;;/h1-4,10H,5-7,12H2,(H,14,15);2*1H. The largest absolute Gasteiger partial charge is 0.480 e. The molecule has 96 valence electrons. The monoisotopic (exact) mass is 278 g/mol. The van der Waals surface area contributed by atoms with Crippen LogP contribution in [0.4, 0.5) is 0 Å². The maximum Gasteiger partial charge on any atom is 0.321 e. The van der Waals surface area contributed by atoms with Gasteiger partial charge in [-0.2, -0.15) is 0 Å². The Bertz CT molecular complexity index is 362. The van der Waals surface area contributed by atoms with Gasteiger partial charge in [0.25, 0.3) is 0 Å². The molecule has 4 nitrogen and oxygen atoms in total. The third kappa shape index (κ3) is 3.85. The Balaban J connectivity index is 0.00000128. The Hall–Kier alpha value is -0.810. The summed E-state index contributed by atoms with van der Waals surface area (Å²) in [6.07, 6.45) is 0. The van der Waals surface area contributed by atoms with E-state index in [2.05, 4.69) is 17.0 Å². The number of carboxylic acid groups (broad SMARTS) is 1. The van der Waals surface area contributed by atoms with E-state index in [1.807, 2.05) is 12.1 Å². The zero-order chi connectivity index (χ0) is 10.8. The van der Waals surface area contributed by atoms with Gasteiger partial charge in [0.05, 0.1) is 0 Å². The minimum absolute atomic E-state index is 0. The number of nitrogens with zero attached hydrogens (tertiary/aromatic N) is 1. The van der Waals surface area contributed by atoms with Gasteiger partial charge < -0.3 is 10.8 Å². The van der Waals surface area contributed by atoms with Gasteiger partial charge in [0.15, 0.2) is 0 Å². The Morgan fingerprint density at radius 3 is 2.18 bits per heavy atom. The molecule has 1 aliphatic heterocycles. The van der Waals surface area contributed by atoms with Gasteiger partial charge in [-0.1, -0.05) is 24.3 Å². The minimum atomic E-state index is -0.939. The van der Waals surface area contributed by atoms with Crippen LogP contribution in [0, 0.1) is 0 Å². The Labute approximate surface area is 113 Å². The molecule has 3 N–H and O–H groups in total. The van der Waals surface area contributed by atoms with Crippen LogP contribution in [0.3, 0.4) is 0 Å². The van der Waals surface area contributed by atoms with Crippen molar-refractivity contribution in [2.45, 2.75) is 19.1 Å². The average Bonchev–Trinajstić information content (AvgIpc) is 2.59. The number of fused-ring (bicyclic) bond motifs is 1. The Morgan fingerprint density at radius 1 is 1.29 bits per heavy atom. The summed E-state index contributed by atoms with van der Waals surface area (Å²) in [5.41, 5.74) is 8.04. The van der Waals surface area contributed by atoms with Crippen molar-refractivity contribution in [1.29, 1.82) is 0 Å². The second-order valence-electron chi connectivity index (χ2n) is 3.88. The van der Waals surface area contributed by atoms with Crippen molar-refractivity contribution >= 4 is 30.8 Å². The number of nitrogens with two attached hydrogens (primary N) is 1. The Morgan fingerprint density at radius 2 is 1.76 bits per heavy atom. The van der Waals surface area contributed by atoms with Crippen molar-refractivity contribution in [2.75, 3.05) is 6.54 Å². The van der Waals surface area contributed by atoms with E-state index in [4.69, 9.17) is 10.8 Å². The first-order valence-corrected chi connectivity index (χ1v) is 4.94. The fraction of sp³-hybridized carbons (Fsp3) is 0.364. The van der Waals surface area contributed by atoms with Crippen molar-refractivity contribution in [2.24, 2.45) is 5.73 Å². The maximum atomic E-state index is 10.6. The summed E-state index contributed by atoms with van der Waals surface area (Å²) in [6.45, 7) is 2.01. The molecule has 2 rings (SSSR count). The van der Waals surface area contributed by atoms with Gasteiger partial charge in [0.1, 0.15) is 6.04 Å². The summed E-state index contributed by atoms with van der Waals surface area (Å²) in [5, 5.41) is 8.71. The highest BCUT2D eigenvalue weighted by Crippen LogP contribution is 2.21. The molecule has 0 radical (unpaired) electrons. The molecule has 1 aliphatic rings. The van der Waals surface area contributed by atoms with Crippen LogP contribution >= 0.6 is 24.8 Å². The van der Waals surface area contributed by atoms with Gasteiger partial charge in [-0.15, -0.1) is 24.8 Å². The van der Waals surface area contributed by atoms with Crippen molar-refractivity contribution in [1.82, 2.24) is 4.90 Å². The van der Waals surface area contributed by atoms with Crippen LogP contribution in [-0.4, -0.2) is 28.6 Å². The minimum Gasteiger partial charge on any atom is -0.480 e. The summed E-state index contributed by atoms with van der Waals surface area (Å²) in [6, 6.07) is 7.35. The van der Waals surface area contributed by atoms with Crippen molar-refractivity contribution in [3.05, 3.63) is 35.4 Å². The second kappa shape index (κ2) is 6.81. The molecule has 0 bridgehead atoms. The highest BCUT2D eigenvalue weighted by Gasteiger charge is 2.22. The molecule has 17 heavy (non-hydrogen) atoms. The summed E-state index contributed by atoms with van der Waals surface area (Å²) >= 11 is 0. The molecule has 0 saturated heterocycles. The van der Waals surface area contributed by atoms with Crippen molar-refractivity contribution < 1.29 is 9.90 Å². The fourth-order valence-corrected chi connectivity index (χ4v) is 1.89. The molecular weight excluding hydrogens is 263 g/mol. The first kappa shape index (κ1) is 16.2. The van der Waals surface area contributed by atoms with Crippen LogP contribution in [0.1, 0.15) is 11.1 Å². The predicted octanol–water partition coefficient (Wildman–Crippen LogP) is 1.26. The summed E-state index contributed by atoms with van der Waals surface area (Å²) in [7, 11) is 0. The van der Waals surface area contributed by atoms with E-state index in [9.17, 15) is 4.79 Å². The highest BCUT2D eigenvalue weighted by molar-refractivity contribution is 5.85. The zero-order valence-corrected chi connectivity index (χ0v) is 10.8. The molecule has 1 atom stereocenters. The normalized spacial score (nSPS) is 15.4. The average molecular weight is 279 g/mol. The number of hydrogen-bond acceptors (Lipinski definition) is 3. The summed E-state index contributed by atoms with van der Waals surface area (Å²) in [4.78, 5) is 12.7. The molecule has 0 spiro atoms. The topological polar surface area (TPSA) is 66.6 Å². The number of hydrogen-bond donors (Lipinski definition) is 2. The molecule has 0 aliphatic carbocycles. The summed E-state index contributed by atoms with van der Waals surface area (Å²) < 4.78 is 0. The zero-order valence-electron chi connectivity index (χ0n) is 9.20. The van der Waals surface area contributed by atoms with Gasteiger partial charge >= 0.3 is 5.97 Å². The molecule has 0 amide bonds. The molecule has 1 aromatic carbocycles. The lowest BCUT2D eigenvalue weighted by Crippen LogP contribution is -2.40. The molecule has 1 unspecified atom stereocenters. The number of rotatable bonds is 3. The predicted molar refractivity (Wildman–Crippen MR) is 70.7 cm³/mol. The number of benzene rings is 1. The summed E-state index contributed by atoms with van der Waals surface area (Å²) in [5.74, 6) is -0.939. The number of carbonyl (C=O) groups is 1. The first-order chi connectivity index (χ1) is 7.16. The van der Waals surface area contributed by atoms with Gasteiger partial charge in [-0.05, 0) is 11.1 Å². The van der Waals surface area contributed by atoms with E-state index in [0.29, 0.717) is 6.54 Å². The van der Waals surface area contributed by atoms with E-state index in [1.165, 1.54) is 11.1 Å². The SMILES string of the molecule is Cl.Cl.NC(CN1Cc2ccccc2C1)C(=O)O. The van der Waals surface area contributed by atoms with Gasteiger partial charge in [0.2, 0.25) is 0 Å². The maximum absolute atomic E-state index is 10.6. The molecule has 1 aromatic rings. The van der Waals surface area contributed by atoms with Crippen LogP contribution in [-0.2, 0) is 17.9 Å². The number of carboxylic acids is 1. The van der Waals surface area contributed by atoms with Crippen LogP contribution in [0.15, 0.2) is 24.3 Å². The third-order valence-electron chi connectivity index (χ3n) is 2.68. The first-order valence-electron chi connectivity index (χ1n) is 4.94. The smallest absolute Gasteiger partial charge is 0.321 e. The van der Waals surface area contributed by atoms with Crippen LogP contribution in [0.25, 0.3) is 0 Å². The molecule has 1 heterocycles. The quantitative estimate of drug-likeness (QED) is 0.874. The van der Waals surface area contributed by atoms with Gasteiger partial charge in [0, 0.05) is 19.6 Å². The molecule has 0 fully saturated rings. The van der Waals surface area contributed by atoms with E-state index < -0.39 is 12.0 Å². The lowest BCUT2D eigenvalue weighted by atomic mass is 10.1. The van der Waals surface area contributed by atoms with Crippen LogP contribution in [0.5, 0.6) is 0 Å². The Kier molecular flexibility index (Phi) is 6.49. The van der Waals surface area contributed by atoms with Crippen LogP contribution in [0.2, 0.25) is 0 Å². The number of aliphatic carboxylic acids is 1. The lowest BCUT2D eigenvalue weighted by Gasteiger charge is -2.17. The van der Waals surface area contributed by atoms with E-state index in [0.717, 1.165) is 13.1 Å². The van der Waals surface area contributed by atoms with E-state index in [1.54, 1.807) is 0 Å². The highest BCUT2D eigenvalue weighted by atomic mass is 35.5. The second-order valence-corrected chi connectivity index (χ2v) is 3.88. The molecule has 0 aromatic heterocycles. The van der Waals surface area contributed by atoms with Crippen molar-refractivity contribution in [3.63, 3.8) is 0 Å². The van der Waals surface area contributed by atoms with E-state index in [-0.39, 0.29) is 24.8 Å². The lowest BCUT2D eigenvalue weighted by molar-refractivity contribution is -0.139. The third-order valence-corrected chi connectivity index (χ3v) is 2.68. The molecule has 6 heteroatoms.